The number of piperidine rings is 1. The van der Waals surface area contributed by atoms with Gasteiger partial charge in [0, 0.05) is 48.9 Å². The molecule has 1 aromatic heterocycles. The van der Waals surface area contributed by atoms with Gasteiger partial charge >= 0.3 is 0 Å². The van der Waals surface area contributed by atoms with Crippen molar-refractivity contribution in [3.8, 4) is 0 Å². The fraction of sp³-hybridized carbons (Fsp3) is 0.500. The summed E-state index contributed by atoms with van der Waals surface area (Å²) in [5.74, 6) is 0.708. The number of aryl methyl sites for hydroxylation is 1. The van der Waals surface area contributed by atoms with Crippen LogP contribution >= 0.6 is 35.3 Å². The Hall–Kier alpha value is -1.17. The molecule has 0 spiro atoms. The number of rotatable bonds is 7. The van der Waals surface area contributed by atoms with Crippen LogP contribution in [0.25, 0.3) is 0 Å². The molecule has 31 heavy (non-hydrogen) atoms. The normalized spacial score (nSPS) is 16.4. The number of nitrogens with one attached hydrogen (secondary N) is 2. The first-order valence-electron chi connectivity index (χ1n) is 10.5. The Kier molecular flexibility index (Phi) is 10.2. The highest BCUT2D eigenvalue weighted by Gasteiger charge is 2.25. The number of aliphatic imine (C=N–C) groups is 1. The van der Waals surface area contributed by atoms with Gasteiger partial charge in [-0.3, -0.25) is 4.99 Å². The minimum Gasteiger partial charge on any atom is -0.354 e. The van der Waals surface area contributed by atoms with E-state index >= 15 is 0 Å². The maximum absolute atomic E-state index is 12.9. The van der Waals surface area contributed by atoms with Gasteiger partial charge in [-0.25, -0.2) is 8.42 Å². The lowest BCUT2D eigenvalue weighted by molar-refractivity contribution is 0.346. The lowest BCUT2D eigenvalue weighted by Crippen LogP contribution is -2.42. The van der Waals surface area contributed by atoms with Crippen LogP contribution in [0, 0.1) is 6.92 Å². The second kappa shape index (κ2) is 12.2. The number of hydrogen-bond donors (Lipinski definition) is 2. The fourth-order valence-corrected chi connectivity index (χ4v) is 6.24. The molecular weight excluding hydrogens is 543 g/mol. The highest BCUT2D eigenvalue weighted by molar-refractivity contribution is 14.0. The molecule has 1 unspecified atom stereocenters. The van der Waals surface area contributed by atoms with Crippen molar-refractivity contribution in [2.45, 2.75) is 57.0 Å². The standard InChI is InChI=1S/C22H32N4O2S2.HI/c1-17(14-20-11-10-18(2)29-20)25-22(23-3)24-16-19-8-7-9-21(15-19)30(27,28)26-12-5-4-6-13-26;/h7-11,15,17H,4-6,12-14,16H2,1-3H3,(H2,23,24,25);1H. The van der Waals surface area contributed by atoms with Crippen molar-refractivity contribution in [3.05, 3.63) is 51.7 Å². The SMILES string of the molecule is CN=C(NCc1cccc(S(=O)(=O)N2CCCCC2)c1)NC(C)Cc1ccc(C)s1.I. The van der Waals surface area contributed by atoms with Crippen LogP contribution in [0.15, 0.2) is 46.3 Å². The smallest absolute Gasteiger partial charge is 0.243 e. The van der Waals surface area contributed by atoms with E-state index < -0.39 is 10.0 Å². The molecule has 6 nitrogen and oxygen atoms in total. The third-order valence-corrected chi connectivity index (χ3v) is 8.14. The van der Waals surface area contributed by atoms with Crippen LogP contribution in [0.3, 0.4) is 0 Å². The van der Waals surface area contributed by atoms with Crippen LogP contribution in [-0.2, 0) is 23.0 Å². The molecule has 2 N–H and O–H groups in total. The monoisotopic (exact) mass is 576 g/mol. The zero-order valence-electron chi connectivity index (χ0n) is 18.4. The highest BCUT2D eigenvalue weighted by atomic mass is 127. The molecule has 2 heterocycles. The van der Waals surface area contributed by atoms with E-state index in [9.17, 15) is 8.42 Å². The molecule has 1 atom stereocenters. The van der Waals surface area contributed by atoms with Crippen molar-refractivity contribution in [3.63, 3.8) is 0 Å². The van der Waals surface area contributed by atoms with Crippen LogP contribution in [0.5, 0.6) is 0 Å². The average Bonchev–Trinajstić information content (AvgIpc) is 3.16. The van der Waals surface area contributed by atoms with E-state index in [0.29, 0.717) is 30.5 Å². The van der Waals surface area contributed by atoms with Crippen molar-refractivity contribution in [1.29, 1.82) is 0 Å². The van der Waals surface area contributed by atoms with Crippen LogP contribution in [0.1, 0.15) is 41.5 Å². The molecule has 1 saturated heterocycles. The van der Waals surface area contributed by atoms with Crippen LogP contribution < -0.4 is 10.6 Å². The highest BCUT2D eigenvalue weighted by Crippen LogP contribution is 2.21. The Bertz CT molecular complexity index is 969. The Labute approximate surface area is 207 Å². The first-order valence-corrected chi connectivity index (χ1v) is 12.8. The van der Waals surface area contributed by atoms with Gasteiger partial charge in [0.2, 0.25) is 10.0 Å². The van der Waals surface area contributed by atoms with Crippen molar-refractivity contribution in [2.24, 2.45) is 4.99 Å². The summed E-state index contributed by atoms with van der Waals surface area (Å²) < 4.78 is 27.5. The molecule has 9 heteroatoms. The van der Waals surface area contributed by atoms with Gasteiger partial charge in [0.05, 0.1) is 4.90 Å². The Morgan fingerprint density at radius 2 is 1.94 bits per heavy atom. The Morgan fingerprint density at radius 1 is 1.19 bits per heavy atom. The molecule has 3 rings (SSSR count). The van der Waals surface area contributed by atoms with Crippen molar-refractivity contribution in [1.82, 2.24) is 14.9 Å². The number of sulfonamides is 1. The number of halogens is 1. The van der Waals surface area contributed by atoms with Crippen LogP contribution in [0.4, 0.5) is 0 Å². The second-order valence-electron chi connectivity index (χ2n) is 7.80. The molecule has 172 valence electrons. The molecule has 1 aliphatic heterocycles. The van der Waals surface area contributed by atoms with Gasteiger partial charge in [0.1, 0.15) is 0 Å². The quantitative estimate of drug-likeness (QED) is 0.295. The number of thiophene rings is 1. The third kappa shape index (κ3) is 7.44. The van der Waals surface area contributed by atoms with Crippen molar-refractivity contribution < 1.29 is 8.42 Å². The van der Waals surface area contributed by atoms with E-state index in [1.165, 1.54) is 9.75 Å². The van der Waals surface area contributed by atoms with Gasteiger partial charge in [-0.05, 0) is 56.5 Å². The lowest BCUT2D eigenvalue weighted by atomic mass is 10.2. The zero-order valence-corrected chi connectivity index (χ0v) is 22.4. The molecule has 0 amide bonds. The summed E-state index contributed by atoms with van der Waals surface area (Å²) in [6, 6.07) is 11.8. The fourth-order valence-electron chi connectivity index (χ4n) is 3.63. The van der Waals surface area contributed by atoms with Gasteiger partial charge in [-0.1, -0.05) is 18.6 Å². The van der Waals surface area contributed by atoms with Gasteiger partial charge < -0.3 is 10.6 Å². The van der Waals surface area contributed by atoms with E-state index in [2.05, 4.69) is 41.6 Å². The Morgan fingerprint density at radius 3 is 2.58 bits per heavy atom. The second-order valence-corrected chi connectivity index (χ2v) is 11.1. The molecule has 0 aliphatic carbocycles. The molecule has 1 aromatic carbocycles. The largest absolute Gasteiger partial charge is 0.354 e. The Balaban J connectivity index is 0.00000341. The summed E-state index contributed by atoms with van der Waals surface area (Å²) in [5.41, 5.74) is 0.914. The van der Waals surface area contributed by atoms with E-state index in [-0.39, 0.29) is 30.0 Å². The molecule has 0 radical (unpaired) electrons. The summed E-state index contributed by atoms with van der Waals surface area (Å²) in [5, 5.41) is 6.71. The maximum atomic E-state index is 12.9. The summed E-state index contributed by atoms with van der Waals surface area (Å²) >= 11 is 1.82. The van der Waals surface area contributed by atoms with Crippen molar-refractivity contribution >= 4 is 51.3 Å². The van der Waals surface area contributed by atoms with E-state index in [1.807, 2.05) is 23.5 Å². The van der Waals surface area contributed by atoms with Gasteiger partial charge in [-0.2, -0.15) is 4.31 Å². The maximum Gasteiger partial charge on any atom is 0.243 e. The molecule has 0 bridgehead atoms. The molecule has 1 aliphatic rings. The van der Waals surface area contributed by atoms with Gasteiger partial charge in [0.15, 0.2) is 5.96 Å². The predicted molar refractivity (Wildman–Crippen MR) is 140 cm³/mol. The third-order valence-electron chi connectivity index (χ3n) is 5.22. The molecule has 0 saturated carbocycles. The zero-order chi connectivity index (χ0) is 21.6. The first kappa shape index (κ1) is 26.1. The lowest BCUT2D eigenvalue weighted by Gasteiger charge is -2.26. The van der Waals surface area contributed by atoms with Gasteiger partial charge in [-0.15, -0.1) is 35.3 Å². The van der Waals surface area contributed by atoms with Gasteiger partial charge in [0.25, 0.3) is 0 Å². The molecule has 2 aromatic rings. The van der Waals surface area contributed by atoms with E-state index in [1.54, 1.807) is 23.5 Å². The summed E-state index contributed by atoms with van der Waals surface area (Å²) in [6.45, 7) is 5.99. The number of hydrogen-bond acceptors (Lipinski definition) is 4. The van der Waals surface area contributed by atoms with E-state index in [0.717, 1.165) is 31.2 Å². The predicted octanol–water partition coefficient (Wildman–Crippen LogP) is 4.15. The molecule has 1 fully saturated rings. The van der Waals surface area contributed by atoms with Crippen LogP contribution in [-0.4, -0.2) is 44.9 Å². The molecular formula is C22H33IN4O2S2. The topological polar surface area (TPSA) is 73.8 Å². The van der Waals surface area contributed by atoms with Crippen molar-refractivity contribution in [2.75, 3.05) is 20.1 Å². The van der Waals surface area contributed by atoms with E-state index in [4.69, 9.17) is 0 Å². The first-order chi connectivity index (χ1) is 14.4. The minimum absolute atomic E-state index is 0. The number of nitrogens with zero attached hydrogens (tertiary/aromatic N) is 2. The minimum atomic E-state index is -3.42. The summed E-state index contributed by atoms with van der Waals surface area (Å²) in [6.07, 6.45) is 3.91. The average molecular weight is 577 g/mol. The number of guanidine groups is 1. The van der Waals surface area contributed by atoms with Crippen LogP contribution in [0.2, 0.25) is 0 Å². The summed E-state index contributed by atoms with van der Waals surface area (Å²) in [4.78, 5) is 7.34. The number of benzene rings is 1. The summed E-state index contributed by atoms with van der Waals surface area (Å²) in [7, 11) is -1.67.